The van der Waals surface area contributed by atoms with E-state index in [2.05, 4.69) is 4.98 Å². The van der Waals surface area contributed by atoms with Gasteiger partial charge in [0.1, 0.15) is 5.82 Å². The highest BCUT2D eigenvalue weighted by Gasteiger charge is 2.02. The third-order valence-corrected chi connectivity index (χ3v) is 2.24. The molecule has 0 spiro atoms. The second kappa shape index (κ2) is 3.90. The van der Waals surface area contributed by atoms with Crippen LogP contribution in [0.15, 0.2) is 30.6 Å². The Morgan fingerprint density at radius 2 is 2.20 bits per heavy atom. The van der Waals surface area contributed by atoms with Crippen LogP contribution in [0.2, 0.25) is 5.02 Å². The molecule has 0 aliphatic heterocycles. The standard InChI is InChI=1S/C10H9ClFN3/c11-8-3-7(4-9(12)5-8)6-15-2-1-14-10(15)13/h1-5H,6H2,(H2,13,14). The normalized spacial score (nSPS) is 10.5. The molecule has 3 nitrogen and oxygen atoms in total. The molecule has 0 saturated heterocycles. The lowest BCUT2D eigenvalue weighted by Crippen LogP contribution is -2.03. The van der Waals surface area contributed by atoms with Crippen LogP contribution >= 0.6 is 11.6 Å². The van der Waals surface area contributed by atoms with Gasteiger partial charge < -0.3 is 10.3 Å². The van der Waals surface area contributed by atoms with Crippen LogP contribution in [0.25, 0.3) is 0 Å². The summed E-state index contributed by atoms with van der Waals surface area (Å²) in [7, 11) is 0. The van der Waals surface area contributed by atoms with E-state index in [0.717, 1.165) is 5.56 Å². The highest BCUT2D eigenvalue weighted by atomic mass is 35.5. The number of aromatic nitrogens is 2. The number of nitrogens with two attached hydrogens (primary N) is 1. The Balaban J connectivity index is 2.28. The van der Waals surface area contributed by atoms with Crippen molar-refractivity contribution in [2.24, 2.45) is 0 Å². The number of imidazole rings is 1. The van der Waals surface area contributed by atoms with Gasteiger partial charge >= 0.3 is 0 Å². The molecule has 0 fully saturated rings. The maximum atomic E-state index is 13.0. The van der Waals surface area contributed by atoms with Crippen LogP contribution in [0.3, 0.4) is 0 Å². The minimum absolute atomic E-state index is 0.351. The topological polar surface area (TPSA) is 43.8 Å². The van der Waals surface area contributed by atoms with Gasteiger partial charge in [0.25, 0.3) is 0 Å². The van der Waals surface area contributed by atoms with Gasteiger partial charge in [0.15, 0.2) is 5.95 Å². The maximum absolute atomic E-state index is 13.0. The summed E-state index contributed by atoms with van der Waals surface area (Å²) >= 11 is 5.73. The molecule has 0 bridgehead atoms. The van der Waals surface area contributed by atoms with Gasteiger partial charge in [-0.2, -0.15) is 0 Å². The number of hydrogen-bond acceptors (Lipinski definition) is 2. The highest BCUT2D eigenvalue weighted by molar-refractivity contribution is 6.30. The van der Waals surface area contributed by atoms with Crippen molar-refractivity contribution in [2.45, 2.75) is 6.54 Å². The summed E-state index contributed by atoms with van der Waals surface area (Å²) in [4.78, 5) is 3.87. The molecular formula is C10H9ClFN3. The number of halogens is 2. The molecule has 1 aromatic heterocycles. The number of nitrogens with zero attached hydrogens (tertiary/aromatic N) is 2. The Morgan fingerprint density at radius 1 is 1.40 bits per heavy atom. The van der Waals surface area contributed by atoms with Crippen molar-refractivity contribution in [2.75, 3.05) is 5.73 Å². The lowest BCUT2D eigenvalue weighted by atomic mass is 10.2. The monoisotopic (exact) mass is 225 g/mol. The molecule has 0 amide bonds. The maximum Gasteiger partial charge on any atom is 0.200 e. The van der Waals surface area contributed by atoms with E-state index in [4.69, 9.17) is 17.3 Å². The van der Waals surface area contributed by atoms with E-state index in [1.165, 1.54) is 12.1 Å². The number of hydrogen-bond donors (Lipinski definition) is 1. The van der Waals surface area contributed by atoms with Crippen LogP contribution in [0.4, 0.5) is 10.3 Å². The van der Waals surface area contributed by atoms with Crippen LogP contribution in [-0.4, -0.2) is 9.55 Å². The summed E-state index contributed by atoms with van der Waals surface area (Å²) in [6.07, 6.45) is 3.32. The first kappa shape index (κ1) is 9.98. The molecule has 78 valence electrons. The average molecular weight is 226 g/mol. The molecule has 0 unspecified atom stereocenters. The van der Waals surface area contributed by atoms with Crippen molar-refractivity contribution in [1.82, 2.24) is 9.55 Å². The van der Waals surface area contributed by atoms with Gasteiger partial charge in [-0.3, -0.25) is 0 Å². The van der Waals surface area contributed by atoms with Crippen molar-refractivity contribution in [1.29, 1.82) is 0 Å². The largest absolute Gasteiger partial charge is 0.369 e. The molecule has 15 heavy (non-hydrogen) atoms. The van der Waals surface area contributed by atoms with Crippen LogP contribution in [0.5, 0.6) is 0 Å². The van der Waals surface area contributed by atoms with Gasteiger partial charge in [-0.1, -0.05) is 11.6 Å². The van der Waals surface area contributed by atoms with E-state index in [-0.39, 0.29) is 5.82 Å². The van der Waals surface area contributed by atoms with Gasteiger partial charge in [-0.15, -0.1) is 0 Å². The van der Waals surface area contributed by atoms with Crippen LogP contribution in [0, 0.1) is 5.82 Å². The van der Waals surface area contributed by atoms with Crippen LogP contribution in [-0.2, 0) is 6.54 Å². The van der Waals surface area contributed by atoms with E-state index in [1.807, 2.05) is 0 Å². The zero-order chi connectivity index (χ0) is 10.8. The second-order valence-corrected chi connectivity index (χ2v) is 3.63. The molecule has 2 rings (SSSR count). The first-order valence-corrected chi connectivity index (χ1v) is 4.74. The smallest absolute Gasteiger partial charge is 0.200 e. The third-order valence-electron chi connectivity index (χ3n) is 2.02. The zero-order valence-corrected chi connectivity index (χ0v) is 8.58. The molecule has 1 heterocycles. The fourth-order valence-electron chi connectivity index (χ4n) is 1.37. The fraction of sp³-hybridized carbons (Fsp3) is 0.100. The quantitative estimate of drug-likeness (QED) is 0.853. The van der Waals surface area contributed by atoms with E-state index < -0.39 is 0 Å². The number of anilines is 1. The fourth-order valence-corrected chi connectivity index (χ4v) is 1.62. The Bertz CT molecular complexity index is 461. The molecule has 5 heteroatoms. The summed E-state index contributed by atoms with van der Waals surface area (Å²) in [5.41, 5.74) is 6.34. The van der Waals surface area contributed by atoms with Gasteiger partial charge in [-0.25, -0.2) is 9.37 Å². The predicted molar refractivity (Wildman–Crippen MR) is 57.2 cm³/mol. The first-order valence-electron chi connectivity index (χ1n) is 4.37. The minimum Gasteiger partial charge on any atom is -0.369 e. The van der Waals surface area contributed by atoms with Crippen molar-refractivity contribution >= 4 is 17.5 Å². The van der Waals surface area contributed by atoms with E-state index >= 15 is 0 Å². The third kappa shape index (κ3) is 2.27. The zero-order valence-electron chi connectivity index (χ0n) is 7.82. The lowest BCUT2D eigenvalue weighted by molar-refractivity contribution is 0.624. The van der Waals surface area contributed by atoms with E-state index in [9.17, 15) is 4.39 Å². The van der Waals surface area contributed by atoms with E-state index in [1.54, 1.807) is 23.0 Å². The molecule has 2 N–H and O–H groups in total. The van der Waals surface area contributed by atoms with Crippen molar-refractivity contribution in [3.63, 3.8) is 0 Å². The minimum atomic E-state index is -0.351. The molecule has 0 aliphatic rings. The molecule has 2 aromatic rings. The van der Waals surface area contributed by atoms with Crippen molar-refractivity contribution in [3.8, 4) is 0 Å². The van der Waals surface area contributed by atoms with Gasteiger partial charge in [0.05, 0.1) is 6.54 Å². The van der Waals surface area contributed by atoms with E-state index in [0.29, 0.717) is 17.5 Å². The lowest BCUT2D eigenvalue weighted by Gasteiger charge is -2.05. The number of benzene rings is 1. The Morgan fingerprint density at radius 3 is 2.80 bits per heavy atom. The SMILES string of the molecule is Nc1nccn1Cc1cc(F)cc(Cl)c1. The van der Waals surface area contributed by atoms with Gasteiger partial charge in [-0.05, 0) is 23.8 Å². The summed E-state index contributed by atoms with van der Waals surface area (Å²) in [5.74, 6) is 0.0478. The molecule has 0 aliphatic carbocycles. The Hall–Kier alpha value is -1.55. The summed E-state index contributed by atoms with van der Waals surface area (Å²) in [5, 5.41) is 0.378. The molecule has 0 radical (unpaired) electrons. The van der Waals surface area contributed by atoms with Crippen molar-refractivity contribution in [3.05, 3.63) is 47.0 Å². The number of rotatable bonds is 2. The average Bonchev–Trinajstić information content (AvgIpc) is 2.50. The molecule has 1 aromatic carbocycles. The highest BCUT2D eigenvalue weighted by Crippen LogP contribution is 2.15. The second-order valence-electron chi connectivity index (χ2n) is 3.19. The predicted octanol–water partition coefficient (Wildman–Crippen LogP) is 2.31. The number of nitrogen functional groups attached to an aromatic ring is 1. The Kier molecular flexibility index (Phi) is 2.60. The Labute approximate surface area is 91.3 Å². The summed E-state index contributed by atoms with van der Waals surface area (Å²) in [6, 6.07) is 4.39. The molecule has 0 atom stereocenters. The molecule has 0 saturated carbocycles. The summed E-state index contributed by atoms with van der Waals surface area (Å²) < 4.78 is 14.7. The van der Waals surface area contributed by atoms with Gasteiger partial charge in [0.2, 0.25) is 0 Å². The van der Waals surface area contributed by atoms with Gasteiger partial charge in [0, 0.05) is 17.4 Å². The summed E-state index contributed by atoms with van der Waals surface area (Å²) in [6.45, 7) is 0.462. The first-order chi connectivity index (χ1) is 7.15. The van der Waals surface area contributed by atoms with Crippen LogP contribution < -0.4 is 5.73 Å². The van der Waals surface area contributed by atoms with Crippen molar-refractivity contribution < 1.29 is 4.39 Å². The van der Waals surface area contributed by atoms with Crippen LogP contribution in [0.1, 0.15) is 5.56 Å². The molecular weight excluding hydrogens is 217 g/mol.